The van der Waals surface area contributed by atoms with Gasteiger partial charge in [-0.1, -0.05) is 102 Å². The third-order valence-electron chi connectivity index (χ3n) is 16.0. The Morgan fingerprint density at radius 2 is 1.00 bits per heavy atom. The summed E-state index contributed by atoms with van der Waals surface area (Å²) < 4.78 is 0. The summed E-state index contributed by atoms with van der Waals surface area (Å²) in [6, 6.07) is 16.4. The van der Waals surface area contributed by atoms with Crippen LogP contribution in [0.3, 0.4) is 0 Å². The second-order valence-electron chi connectivity index (χ2n) is 23.7. The van der Waals surface area contributed by atoms with Crippen LogP contribution in [0.5, 0.6) is 0 Å². The number of nitrogens with one attached hydrogen (secondary N) is 7. The first-order valence-electron chi connectivity index (χ1n) is 27.3. The van der Waals surface area contributed by atoms with Crippen molar-refractivity contribution >= 4 is 47.1 Å². The van der Waals surface area contributed by atoms with Crippen molar-refractivity contribution in [2.45, 2.75) is 168 Å². The van der Waals surface area contributed by atoms with Gasteiger partial charge in [-0.05, 0) is 130 Å². The highest BCUT2D eigenvalue weighted by Gasteiger charge is 2.48. The highest BCUT2D eigenvalue weighted by molar-refractivity contribution is 6.00. The molecule has 0 spiro atoms. The Morgan fingerprint density at radius 3 is 1.46 bits per heavy atom. The summed E-state index contributed by atoms with van der Waals surface area (Å²) >= 11 is 0. The molecule has 76 heavy (non-hydrogen) atoms. The van der Waals surface area contributed by atoms with Gasteiger partial charge in [-0.2, -0.15) is 0 Å². The molecule has 7 rings (SSSR count). The number of carbonyl (C=O) groups excluding carboxylic acids is 8. The van der Waals surface area contributed by atoms with Crippen molar-refractivity contribution in [1.29, 1.82) is 0 Å². The predicted octanol–water partition coefficient (Wildman–Crippen LogP) is 4.84. The first-order chi connectivity index (χ1) is 36.0. The minimum atomic E-state index is -0.975. The Hall–Kier alpha value is -6.46. The number of Topliss-reactive ketones (excluding diaryl/α,β-unsaturated/α-hetero) is 1. The lowest BCUT2D eigenvalue weighted by atomic mass is 9.85. The number of hydrogen-bond donors (Lipinski definition) is 7. The van der Waals surface area contributed by atoms with Crippen LogP contribution in [0.25, 0.3) is 0 Å². The van der Waals surface area contributed by atoms with E-state index in [9.17, 15) is 38.4 Å². The molecule has 0 bridgehead atoms. The number of amides is 7. The van der Waals surface area contributed by atoms with Crippen LogP contribution in [0.4, 0.5) is 0 Å². The third-order valence-corrected chi connectivity index (χ3v) is 16.0. The summed E-state index contributed by atoms with van der Waals surface area (Å²) in [5.41, 5.74) is 3.64. The number of likely N-dealkylation sites (N-methyl/N-ethyl adjacent to an activating group) is 2. The zero-order valence-corrected chi connectivity index (χ0v) is 46.1. The molecule has 4 aliphatic rings. The highest BCUT2D eigenvalue weighted by Crippen LogP contribution is 2.35. The van der Waals surface area contributed by atoms with Gasteiger partial charge in [0.25, 0.3) is 5.91 Å². The van der Waals surface area contributed by atoms with E-state index in [1.807, 2.05) is 77.9 Å². The number of hydrogen-bond acceptors (Lipinski definition) is 10. The van der Waals surface area contributed by atoms with Crippen LogP contribution in [0.15, 0.2) is 72.8 Å². The van der Waals surface area contributed by atoms with E-state index in [0.29, 0.717) is 5.56 Å². The van der Waals surface area contributed by atoms with E-state index in [-0.39, 0.29) is 85.3 Å². The standard InChI is InChI=1S/C59H81N9O8/c1-34(60-9)51(70)65-49(58(3,4)5)56(75)67-32-36(29-46(67)54(73)63-44-23-15-19-37-17-11-13-21-42(37)44)30-48(69)39-25-27-40(28-26-39)53(72)62-41-31-47(55(74)64-45-24-16-20-38-18-12-14-22-43(38)45)68(33-41)57(76)50(59(6,7)8)66-52(71)35(2)61-10/h11-14,17-18,21-22,25-28,34-36,41,44-47,49-50,60-61H,15-16,19-20,23-24,29-33H2,1-10H3,(H,62,72)(H,63,73)(H,64,74)(H,65,70)(H,66,71)/t34-,35-,36+,41-,44+,45+,46-,47-,49+,50+/m0/s1. The molecular weight excluding hydrogens is 963 g/mol. The Morgan fingerprint density at radius 1 is 0.566 bits per heavy atom. The van der Waals surface area contributed by atoms with Gasteiger partial charge < -0.3 is 47.0 Å². The number of likely N-dealkylation sites (tertiary alicyclic amines) is 2. The maximum Gasteiger partial charge on any atom is 0.251 e. The largest absolute Gasteiger partial charge is 0.347 e. The summed E-state index contributed by atoms with van der Waals surface area (Å²) in [7, 11) is 3.32. The normalized spacial score (nSPS) is 22.9. The number of fused-ring (bicyclic) bond motifs is 2. The topological polar surface area (TPSA) is 227 Å². The van der Waals surface area contributed by atoms with E-state index in [4.69, 9.17) is 0 Å². The molecule has 0 saturated carbocycles. The van der Waals surface area contributed by atoms with E-state index in [1.54, 1.807) is 57.1 Å². The van der Waals surface area contributed by atoms with Crippen molar-refractivity contribution in [3.8, 4) is 0 Å². The number of carbonyl (C=O) groups is 8. The fourth-order valence-electron chi connectivity index (χ4n) is 11.2. The number of ketones is 1. The molecule has 3 aromatic carbocycles. The summed E-state index contributed by atoms with van der Waals surface area (Å²) in [5, 5.41) is 21.2. The van der Waals surface area contributed by atoms with E-state index < -0.39 is 70.8 Å². The minimum absolute atomic E-state index is 0.0241. The maximum atomic E-state index is 14.7. The highest BCUT2D eigenvalue weighted by atomic mass is 16.2. The molecule has 2 saturated heterocycles. The summed E-state index contributed by atoms with van der Waals surface area (Å²) in [6.45, 7) is 14.7. The molecule has 410 valence electrons. The van der Waals surface area contributed by atoms with Crippen LogP contribution in [-0.4, -0.2) is 126 Å². The number of rotatable bonds is 17. The molecule has 7 N–H and O–H groups in total. The number of aryl methyl sites for hydroxylation is 2. The van der Waals surface area contributed by atoms with Gasteiger partial charge in [0.05, 0.1) is 24.2 Å². The molecule has 17 nitrogen and oxygen atoms in total. The molecule has 2 aliphatic heterocycles. The number of nitrogens with zero attached hydrogens (tertiary/aromatic N) is 2. The van der Waals surface area contributed by atoms with Crippen molar-refractivity contribution in [3.63, 3.8) is 0 Å². The van der Waals surface area contributed by atoms with Crippen LogP contribution in [-0.2, 0) is 41.6 Å². The van der Waals surface area contributed by atoms with Crippen LogP contribution in [0.1, 0.15) is 155 Å². The molecule has 0 radical (unpaired) electrons. The van der Waals surface area contributed by atoms with Gasteiger partial charge in [-0.25, -0.2) is 0 Å². The zero-order valence-electron chi connectivity index (χ0n) is 46.1. The Kier molecular flexibility index (Phi) is 18.3. The average molecular weight is 1040 g/mol. The Balaban J connectivity index is 1.06. The predicted molar refractivity (Wildman–Crippen MR) is 291 cm³/mol. The van der Waals surface area contributed by atoms with Crippen LogP contribution in [0.2, 0.25) is 0 Å². The van der Waals surface area contributed by atoms with E-state index >= 15 is 0 Å². The molecule has 2 fully saturated rings. The lowest BCUT2D eigenvalue weighted by molar-refractivity contribution is -0.144. The Labute approximate surface area is 448 Å². The van der Waals surface area contributed by atoms with Crippen molar-refractivity contribution < 1.29 is 38.4 Å². The minimum Gasteiger partial charge on any atom is -0.347 e. The van der Waals surface area contributed by atoms with Crippen molar-refractivity contribution in [1.82, 2.24) is 47.0 Å². The molecular formula is C59H81N9O8. The fraction of sp³-hybridized carbons (Fsp3) is 0.559. The third kappa shape index (κ3) is 13.4. The fourth-order valence-corrected chi connectivity index (χ4v) is 11.2. The molecule has 10 atom stereocenters. The first-order valence-corrected chi connectivity index (χ1v) is 27.3. The zero-order chi connectivity index (χ0) is 55.2. The number of benzene rings is 3. The second kappa shape index (κ2) is 24.3. The lowest BCUT2D eigenvalue weighted by Crippen LogP contribution is -2.59. The van der Waals surface area contributed by atoms with Crippen LogP contribution >= 0.6 is 0 Å². The molecule has 2 aliphatic carbocycles. The smallest absolute Gasteiger partial charge is 0.251 e. The molecule has 0 aromatic heterocycles. The quantitative estimate of drug-likeness (QED) is 0.0911. The van der Waals surface area contributed by atoms with E-state index in [0.717, 1.165) is 49.7 Å². The van der Waals surface area contributed by atoms with Gasteiger partial charge in [-0.3, -0.25) is 38.4 Å². The van der Waals surface area contributed by atoms with Crippen LogP contribution in [0, 0.1) is 16.7 Å². The van der Waals surface area contributed by atoms with Crippen molar-refractivity contribution in [2.24, 2.45) is 16.7 Å². The van der Waals surface area contributed by atoms with Crippen LogP contribution < -0.4 is 37.2 Å². The van der Waals surface area contributed by atoms with Crippen molar-refractivity contribution in [2.75, 3.05) is 27.2 Å². The van der Waals surface area contributed by atoms with Gasteiger partial charge in [0.1, 0.15) is 24.2 Å². The SMILES string of the molecule is CN[C@@H](C)C(=O)N[C@H](C(=O)N1C[C@@H](CC(=O)c2ccc(C(=O)N[C@H]3C[C@@H](C(=O)N[C@@H]4CCCc5ccccc54)N(C(=O)[C@@H](NC(=O)[C@H](C)NC)C(C)(C)C)C3)cc2)C[C@H]1C(=O)N[C@@H]1CCCc2ccccc21)C(C)(C)C. The maximum absolute atomic E-state index is 14.7. The molecule has 2 heterocycles. The first kappa shape index (κ1) is 57.2. The van der Waals surface area contributed by atoms with Gasteiger partial charge in [-0.15, -0.1) is 0 Å². The molecule has 3 aromatic rings. The van der Waals surface area contributed by atoms with Crippen molar-refractivity contribution in [3.05, 3.63) is 106 Å². The lowest BCUT2D eigenvalue weighted by Gasteiger charge is -2.36. The molecule has 0 unspecified atom stereocenters. The van der Waals surface area contributed by atoms with E-state index in [2.05, 4.69) is 49.4 Å². The summed E-state index contributed by atoms with van der Waals surface area (Å²) in [6.07, 6.45) is 5.53. The average Bonchev–Trinajstić information content (AvgIpc) is 4.03. The van der Waals surface area contributed by atoms with Gasteiger partial charge >= 0.3 is 0 Å². The van der Waals surface area contributed by atoms with Gasteiger partial charge in [0.15, 0.2) is 5.78 Å². The Bertz CT molecular complexity index is 2460. The molecule has 7 amide bonds. The summed E-state index contributed by atoms with van der Waals surface area (Å²) in [4.78, 5) is 116. The monoisotopic (exact) mass is 1040 g/mol. The van der Waals surface area contributed by atoms with Gasteiger partial charge in [0.2, 0.25) is 35.4 Å². The molecule has 17 heteroatoms. The second-order valence-corrected chi connectivity index (χ2v) is 23.7. The van der Waals surface area contributed by atoms with E-state index in [1.165, 1.54) is 16.0 Å². The summed E-state index contributed by atoms with van der Waals surface area (Å²) in [5.74, 6) is -3.23. The van der Waals surface area contributed by atoms with Gasteiger partial charge in [0, 0.05) is 36.7 Å².